The number of pyridine rings is 1. The highest BCUT2D eigenvalue weighted by Gasteiger charge is 2.24. The Bertz CT molecular complexity index is 367. The lowest BCUT2D eigenvalue weighted by Crippen LogP contribution is -2.18. The number of aromatic nitrogens is 1. The minimum Gasteiger partial charge on any atom is -0.299 e. The molecule has 1 aromatic rings. The molecule has 0 N–H and O–H groups in total. The van der Waals surface area contributed by atoms with Crippen molar-refractivity contribution in [3.63, 3.8) is 0 Å². The predicted molar refractivity (Wildman–Crippen MR) is 53.6 cm³/mol. The van der Waals surface area contributed by atoms with E-state index in [0.29, 0.717) is 11.6 Å². The molecule has 0 spiro atoms. The van der Waals surface area contributed by atoms with Crippen LogP contribution in [0, 0.1) is 11.3 Å². The van der Waals surface area contributed by atoms with E-state index < -0.39 is 0 Å². The van der Waals surface area contributed by atoms with Crippen LogP contribution in [0.1, 0.15) is 30.0 Å². The second-order valence-corrected chi connectivity index (χ2v) is 3.71. The van der Waals surface area contributed by atoms with Gasteiger partial charge in [0, 0.05) is 18.4 Å². The second kappa shape index (κ2) is 3.77. The molecule has 2 rings (SSSR count). The summed E-state index contributed by atoms with van der Waals surface area (Å²) in [7, 11) is 2.11. The number of likely N-dealkylation sites (tertiary alicyclic amines) is 1. The zero-order chi connectivity index (χ0) is 9.97. The minimum absolute atomic E-state index is 0.410. The van der Waals surface area contributed by atoms with E-state index in [4.69, 9.17) is 5.26 Å². The maximum atomic E-state index is 8.96. The van der Waals surface area contributed by atoms with Crippen molar-refractivity contribution in [3.05, 3.63) is 29.6 Å². The first kappa shape index (κ1) is 9.17. The normalized spacial score (nSPS) is 22.1. The van der Waals surface area contributed by atoms with Crippen molar-refractivity contribution in [2.75, 3.05) is 13.6 Å². The van der Waals surface area contributed by atoms with Gasteiger partial charge in [0.1, 0.15) is 6.07 Å². The first-order valence-corrected chi connectivity index (χ1v) is 4.87. The first-order valence-electron chi connectivity index (χ1n) is 4.87. The second-order valence-electron chi connectivity index (χ2n) is 3.71. The lowest BCUT2D eigenvalue weighted by Gasteiger charge is -2.20. The van der Waals surface area contributed by atoms with Crippen LogP contribution in [0.2, 0.25) is 0 Å². The van der Waals surface area contributed by atoms with Gasteiger partial charge in [0.25, 0.3) is 0 Å². The van der Waals surface area contributed by atoms with Gasteiger partial charge in [0.05, 0.1) is 5.56 Å². The first-order chi connectivity index (χ1) is 6.83. The molecule has 1 aliphatic rings. The Kier molecular flexibility index (Phi) is 2.47. The zero-order valence-corrected chi connectivity index (χ0v) is 8.27. The third-order valence-corrected chi connectivity index (χ3v) is 2.85. The molecule has 1 atom stereocenters. The Morgan fingerprint density at radius 3 is 3.14 bits per heavy atom. The highest BCUT2D eigenvalue weighted by atomic mass is 15.1. The summed E-state index contributed by atoms with van der Waals surface area (Å²) in [5.74, 6) is 0. The van der Waals surface area contributed by atoms with Crippen LogP contribution in [0.3, 0.4) is 0 Å². The van der Waals surface area contributed by atoms with Crippen LogP contribution in [0.4, 0.5) is 0 Å². The number of hydrogen-bond donors (Lipinski definition) is 0. The van der Waals surface area contributed by atoms with E-state index in [-0.39, 0.29) is 0 Å². The van der Waals surface area contributed by atoms with Crippen LogP contribution in [-0.4, -0.2) is 23.5 Å². The third-order valence-electron chi connectivity index (χ3n) is 2.85. The summed E-state index contributed by atoms with van der Waals surface area (Å²) in [5.41, 5.74) is 1.84. The Morgan fingerprint density at radius 1 is 1.64 bits per heavy atom. The van der Waals surface area contributed by atoms with Gasteiger partial charge >= 0.3 is 0 Å². The van der Waals surface area contributed by atoms with E-state index in [1.807, 2.05) is 6.07 Å². The fourth-order valence-corrected chi connectivity index (χ4v) is 2.09. The van der Waals surface area contributed by atoms with E-state index in [1.54, 1.807) is 12.4 Å². The van der Waals surface area contributed by atoms with Gasteiger partial charge in [-0.05, 0) is 38.1 Å². The molecule has 0 radical (unpaired) electrons. The van der Waals surface area contributed by atoms with Crippen LogP contribution < -0.4 is 0 Å². The smallest absolute Gasteiger partial charge is 0.101 e. The minimum atomic E-state index is 0.410. The van der Waals surface area contributed by atoms with Crippen LogP contribution in [0.5, 0.6) is 0 Å². The molecule has 3 nitrogen and oxygen atoms in total. The van der Waals surface area contributed by atoms with Crippen LogP contribution >= 0.6 is 0 Å². The highest BCUT2D eigenvalue weighted by molar-refractivity contribution is 5.37. The summed E-state index contributed by atoms with van der Waals surface area (Å²) in [5, 5.41) is 8.96. The van der Waals surface area contributed by atoms with Crippen LogP contribution in [0.15, 0.2) is 18.5 Å². The molecule has 1 aliphatic heterocycles. The molecule has 1 saturated heterocycles. The molecule has 1 unspecified atom stereocenters. The molecule has 0 amide bonds. The molecule has 2 heterocycles. The van der Waals surface area contributed by atoms with Gasteiger partial charge in [-0.3, -0.25) is 9.88 Å². The van der Waals surface area contributed by atoms with Crippen molar-refractivity contribution in [1.29, 1.82) is 5.26 Å². The van der Waals surface area contributed by atoms with E-state index in [0.717, 1.165) is 18.5 Å². The number of rotatable bonds is 1. The van der Waals surface area contributed by atoms with Crippen LogP contribution in [0.25, 0.3) is 0 Å². The van der Waals surface area contributed by atoms with Crippen molar-refractivity contribution < 1.29 is 0 Å². The summed E-state index contributed by atoms with van der Waals surface area (Å²) >= 11 is 0. The highest BCUT2D eigenvalue weighted by Crippen LogP contribution is 2.31. The van der Waals surface area contributed by atoms with Gasteiger partial charge < -0.3 is 0 Å². The summed E-state index contributed by atoms with van der Waals surface area (Å²) < 4.78 is 0. The van der Waals surface area contributed by atoms with Gasteiger partial charge in [-0.15, -0.1) is 0 Å². The summed E-state index contributed by atoms with van der Waals surface area (Å²) in [6, 6.07) is 4.58. The molecule has 0 aromatic carbocycles. The third kappa shape index (κ3) is 1.49. The Labute approximate surface area is 84.0 Å². The lowest BCUT2D eigenvalue weighted by molar-refractivity contribution is 0.317. The topological polar surface area (TPSA) is 39.9 Å². The molecule has 0 saturated carbocycles. The molecule has 0 bridgehead atoms. The summed E-state index contributed by atoms with van der Waals surface area (Å²) in [6.45, 7) is 1.12. The molecule has 1 fully saturated rings. The lowest BCUT2D eigenvalue weighted by atomic mass is 10.0. The number of nitrogens with zero attached hydrogens (tertiary/aromatic N) is 3. The Hall–Kier alpha value is -1.40. The fraction of sp³-hybridized carbons (Fsp3) is 0.455. The van der Waals surface area contributed by atoms with Gasteiger partial charge in [0.2, 0.25) is 0 Å². The van der Waals surface area contributed by atoms with Gasteiger partial charge in [-0.25, -0.2) is 0 Å². The van der Waals surface area contributed by atoms with Crippen molar-refractivity contribution in [3.8, 4) is 6.07 Å². The van der Waals surface area contributed by atoms with Crippen LogP contribution in [-0.2, 0) is 0 Å². The summed E-state index contributed by atoms with van der Waals surface area (Å²) in [4.78, 5) is 6.27. The quantitative estimate of drug-likeness (QED) is 0.672. The Morgan fingerprint density at radius 2 is 2.50 bits per heavy atom. The average Bonchev–Trinajstić information content (AvgIpc) is 2.64. The van der Waals surface area contributed by atoms with E-state index in [1.165, 1.54) is 6.42 Å². The maximum Gasteiger partial charge on any atom is 0.101 e. The SMILES string of the molecule is CN1CCCC1c1ccncc1C#N. The molecular weight excluding hydrogens is 174 g/mol. The van der Waals surface area contributed by atoms with E-state index in [2.05, 4.69) is 23.0 Å². The van der Waals surface area contributed by atoms with Crippen molar-refractivity contribution in [2.45, 2.75) is 18.9 Å². The van der Waals surface area contributed by atoms with Gasteiger partial charge in [-0.1, -0.05) is 0 Å². The van der Waals surface area contributed by atoms with Crippen molar-refractivity contribution >= 4 is 0 Å². The zero-order valence-electron chi connectivity index (χ0n) is 8.27. The van der Waals surface area contributed by atoms with Crippen molar-refractivity contribution in [1.82, 2.24) is 9.88 Å². The fourth-order valence-electron chi connectivity index (χ4n) is 2.09. The standard InChI is InChI=1S/C11H13N3/c1-14-6-2-3-11(14)10-4-5-13-8-9(10)7-12/h4-5,8,11H,2-3,6H2,1H3. The summed E-state index contributed by atoms with van der Waals surface area (Å²) in [6.07, 6.45) is 5.79. The Balaban J connectivity index is 2.36. The average molecular weight is 187 g/mol. The van der Waals surface area contributed by atoms with Crippen molar-refractivity contribution in [2.24, 2.45) is 0 Å². The van der Waals surface area contributed by atoms with Gasteiger partial charge in [0.15, 0.2) is 0 Å². The van der Waals surface area contributed by atoms with E-state index in [9.17, 15) is 0 Å². The molecule has 3 heteroatoms. The van der Waals surface area contributed by atoms with E-state index >= 15 is 0 Å². The molecule has 14 heavy (non-hydrogen) atoms. The predicted octanol–water partition coefficient (Wildman–Crippen LogP) is 1.72. The number of hydrogen-bond acceptors (Lipinski definition) is 3. The molecular formula is C11H13N3. The van der Waals surface area contributed by atoms with Gasteiger partial charge in [-0.2, -0.15) is 5.26 Å². The largest absolute Gasteiger partial charge is 0.299 e. The monoisotopic (exact) mass is 187 g/mol. The molecule has 1 aromatic heterocycles. The number of nitriles is 1. The molecule has 72 valence electrons. The maximum absolute atomic E-state index is 8.96. The molecule has 0 aliphatic carbocycles.